The Morgan fingerprint density at radius 2 is 1.95 bits per heavy atom. The first-order valence-electron chi connectivity index (χ1n) is 5.93. The molecule has 1 heterocycles. The van der Waals surface area contributed by atoms with Crippen LogP contribution in [0.25, 0.3) is 22.1 Å². The molecular formula is C16H11ClO2. The molecule has 3 aromatic rings. The molecule has 94 valence electrons. The van der Waals surface area contributed by atoms with Crippen molar-refractivity contribution in [2.24, 2.45) is 0 Å². The van der Waals surface area contributed by atoms with E-state index >= 15 is 0 Å². The van der Waals surface area contributed by atoms with Gasteiger partial charge in [0.05, 0.1) is 10.9 Å². The Bertz CT molecular complexity index is 818. The predicted octanol–water partition coefficient (Wildman–Crippen LogP) is 4.42. The summed E-state index contributed by atoms with van der Waals surface area (Å²) in [7, 11) is 0. The van der Waals surface area contributed by atoms with E-state index in [9.17, 15) is 4.79 Å². The highest BCUT2D eigenvalue weighted by atomic mass is 35.5. The molecule has 0 spiro atoms. The molecule has 0 aliphatic heterocycles. The lowest BCUT2D eigenvalue weighted by Crippen LogP contribution is -2.04. The van der Waals surface area contributed by atoms with Crippen LogP contribution in [-0.2, 0) is 0 Å². The number of fused-ring (bicyclic) bond motifs is 1. The van der Waals surface area contributed by atoms with Crippen LogP contribution >= 0.6 is 11.6 Å². The van der Waals surface area contributed by atoms with E-state index in [0.29, 0.717) is 21.6 Å². The Kier molecular flexibility index (Phi) is 2.88. The van der Waals surface area contributed by atoms with Gasteiger partial charge >= 0.3 is 0 Å². The van der Waals surface area contributed by atoms with E-state index in [0.717, 1.165) is 11.1 Å². The van der Waals surface area contributed by atoms with Crippen molar-refractivity contribution in [1.82, 2.24) is 0 Å². The molecule has 3 rings (SSSR count). The summed E-state index contributed by atoms with van der Waals surface area (Å²) in [6, 6.07) is 12.8. The van der Waals surface area contributed by atoms with E-state index in [4.69, 9.17) is 16.0 Å². The molecule has 0 aliphatic rings. The Labute approximate surface area is 115 Å². The summed E-state index contributed by atoms with van der Waals surface area (Å²) in [5.74, 6) is 0. The average molecular weight is 271 g/mol. The van der Waals surface area contributed by atoms with E-state index in [1.165, 1.54) is 6.26 Å². The normalized spacial score (nSPS) is 10.8. The number of hydrogen-bond acceptors (Lipinski definition) is 2. The minimum absolute atomic E-state index is 0.0384. The zero-order chi connectivity index (χ0) is 13.4. The maximum absolute atomic E-state index is 12.4. The molecule has 0 atom stereocenters. The summed E-state index contributed by atoms with van der Waals surface area (Å²) in [5.41, 5.74) is 3.01. The van der Waals surface area contributed by atoms with Crippen molar-refractivity contribution >= 4 is 22.6 Å². The highest BCUT2D eigenvalue weighted by Crippen LogP contribution is 2.22. The van der Waals surface area contributed by atoms with Crippen LogP contribution in [-0.4, -0.2) is 0 Å². The summed E-state index contributed by atoms with van der Waals surface area (Å²) in [5, 5.41) is 1.10. The Morgan fingerprint density at radius 3 is 2.74 bits per heavy atom. The van der Waals surface area contributed by atoms with Gasteiger partial charge in [0.2, 0.25) is 0 Å². The molecule has 1 aromatic heterocycles. The average Bonchev–Trinajstić information content (AvgIpc) is 2.39. The van der Waals surface area contributed by atoms with Crippen molar-refractivity contribution in [3.63, 3.8) is 0 Å². The molecule has 0 N–H and O–H groups in total. The van der Waals surface area contributed by atoms with Gasteiger partial charge in [-0.2, -0.15) is 0 Å². The lowest BCUT2D eigenvalue weighted by Gasteiger charge is -2.04. The predicted molar refractivity (Wildman–Crippen MR) is 77.7 cm³/mol. The number of benzene rings is 2. The van der Waals surface area contributed by atoms with Gasteiger partial charge in [0.25, 0.3) is 0 Å². The maximum atomic E-state index is 12.4. The quantitative estimate of drug-likeness (QED) is 0.655. The molecule has 0 bridgehead atoms. The van der Waals surface area contributed by atoms with Crippen molar-refractivity contribution in [3.8, 4) is 11.1 Å². The van der Waals surface area contributed by atoms with Crippen LogP contribution in [0.1, 0.15) is 5.56 Å². The van der Waals surface area contributed by atoms with Crippen LogP contribution < -0.4 is 5.43 Å². The molecule has 0 fully saturated rings. The van der Waals surface area contributed by atoms with Crippen LogP contribution in [0.5, 0.6) is 0 Å². The van der Waals surface area contributed by atoms with Gasteiger partial charge in [-0.05, 0) is 24.6 Å². The summed E-state index contributed by atoms with van der Waals surface area (Å²) in [6.45, 7) is 1.99. The standard InChI is InChI=1S/C16H11ClO2/c1-10-3-2-4-11(7-10)14-9-19-15-8-12(17)5-6-13(15)16(14)18/h2-9H,1H3. The van der Waals surface area contributed by atoms with Gasteiger partial charge in [0.15, 0.2) is 5.43 Å². The second-order valence-electron chi connectivity index (χ2n) is 4.49. The first-order valence-corrected chi connectivity index (χ1v) is 6.31. The smallest absolute Gasteiger partial charge is 0.200 e. The molecule has 19 heavy (non-hydrogen) atoms. The third-order valence-corrected chi connectivity index (χ3v) is 3.30. The van der Waals surface area contributed by atoms with Crippen molar-refractivity contribution in [3.05, 3.63) is 69.5 Å². The molecule has 0 saturated carbocycles. The molecule has 0 radical (unpaired) electrons. The van der Waals surface area contributed by atoms with Crippen molar-refractivity contribution < 1.29 is 4.42 Å². The summed E-state index contributed by atoms with van der Waals surface area (Å²) in [6.07, 6.45) is 1.50. The van der Waals surface area contributed by atoms with Gasteiger partial charge in [0.1, 0.15) is 11.8 Å². The zero-order valence-electron chi connectivity index (χ0n) is 10.3. The molecule has 0 amide bonds. The zero-order valence-corrected chi connectivity index (χ0v) is 11.1. The first kappa shape index (κ1) is 12.0. The van der Waals surface area contributed by atoms with Gasteiger partial charge in [-0.15, -0.1) is 0 Å². The third-order valence-electron chi connectivity index (χ3n) is 3.07. The van der Waals surface area contributed by atoms with Crippen LogP contribution in [0.2, 0.25) is 5.02 Å². The number of hydrogen-bond donors (Lipinski definition) is 0. The fourth-order valence-corrected chi connectivity index (χ4v) is 2.28. The Balaban J connectivity index is 2.29. The number of aryl methyl sites for hydroxylation is 1. The van der Waals surface area contributed by atoms with Gasteiger partial charge in [-0.3, -0.25) is 4.79 Å². The molecule has 3 heteroatoms. The third kappa shape index (κ3) is 2.15. The molecule has 0 unspecified atom stereocenters. The van der Waals surface area contributed by atoms with E-state index in [2.05, 4.69) is 0 Å². The van der Waals surface area contributed by atoms with Gasteiger partial charge in [-0.1, -0.05) is 41.4 Å². The van der Waals surface area contributed by atoms with Crippen LogP contribution in [0.15, 0.2) is 57.9 Å². The van der Waals surface area contributed by atoms with E-state index in [1.54, 1.807) is 18.2 Å². The number of halogens is 1. The molecule has 2 aromatic carbocycles. The lowest BCUT2D eigenvalue weighted by molar-refractivity contribution is 0.604. The molecular weight excluding hydrogens is 260 g/mol. The first-order chi connectivity index (χ1) is 9.15. The lowest BCUT2D eigenvalue weighted by atomic mass is 10.0. The number of rotatable bonds is 1. The van der Waals surface area contributed by atoms with Crippen LogP contribution in [0.3, 0.4) is 0 Å². The summed E-state index contributed by atoms with van der Waals surface area (Å²) < 4.78 is 5.51. The van der Waals surface area contributed by atoms with Crippen molar-refractivity contribution in [2.75, 3.05) is 0 Å². The summed E-state index contributed by atoms with van der Waals surface area (Å²) >= 11 is 5.89. The highest BCUT2D eigenvalue weighted by Gasteiger charge is 2.09. The van der Waals surface area contributed by atoms with Crippen LogP contribution in [0.4, 0.5) is 0 Å². The minimum Gasteiger partial charge on any atom is -0.463 e. The fourth-order valence-electron chi connectivity index (χ4n) is 2.11. The van der Waals surface area contributed by atoms with Crippen molar-refractivity contribution in [1.29, 1.82) is 0 Å². The largest absolute Gasteiger partial charge is 0.463 e. The van der Waals surface area contributed by atoms with Gasteiger partial charge < -0.3 is 4.42 Å². The second kappa shape index (κ2) is 4.56. The second-order valence-corrected chi connectivity index (χ2v) is 4.92. The molecule has 2 nitrogen and oxygen atoms in total. The maximum Gasteiger partial charge on any atom is 0.200 e. The van der Waals surface area contributed by atoms with E-state index in [1.807, 2.05) is 31.2 Å². The van der Waals surface area contributed by atoms with Crippen LogP contribution in [0, 0.1) is 6.92 Å². The Hall–Kier alpha value is -2.06. The van der Waals surface area contributed by atoms with E-state index in [-0.39, 0.29) is 5.43 Å². The monoisotopic (exact) mass is 270 g/mol. The Morgan fingerprint density at radius 1 is 1.11 bits per heavy atom. The highest BCUT2D eigenvalue weighted by molar-refractivity contribution is 6.31. The minimum atomic E-state index is -0.0384. The molecule has 0 saturated heterocycles. The van der Waals surface area contributed by atoms with Crippen molar-refractivity contribution in [2.45, 2.75) is 6.92 Å². The van der Waals surface area contributed by atoms with Gasteiger partial charge in [-0.25, -0.2) is 0 Å². The topological polar surface area (TPSA) is 30.2 Å². The van der Waals surface area contributed by atoms with Gasteiger partial charge in [0, 0.05) is 11.1 Å². The summed E-state index contributed by atoms with van der Waals surface area (Å²) in [4.78, 5) is 12.4. The molecule has 0 aliphatic carbocycles. The SMILES string of the molecule is Cc1cccc(-c2coc3cc(Cl)ccc3c2=O)c1. The fraction of sp³-hybridized carbons (Fsp3) is 0.0625. The van der Waals surface area contributed by atoms with E-state index < -0.39 is 0 Å².